The van der Waals surface area contributed by atoms with E-state index < -0.39 is 14.4 Å². The average molecular weight is 521 g/mol. The summed E-state index contributed by atoms with van der Waals surface area (Å²) in [7, 11) is -2.01. The van der Waals surface area contributed by atoms with Crippen molar-refractivity contribution in [1.82, 2.24) is 0 Å². The molecule has 0 aromatic carbocycles. The highest BCUT2D eigenvalue weighted by Crippen LogP contribution is 2.46. The summed E-state index contributed by atoms with van der Waals surface area (Å²) in [6.45, 7) is 17.4. The lowest BCUT2D eigenvalue weighted by molar-refractivity contribution is -0.162. The number of aliphatic hydroxyl groups is 1. The van der Waals surface area contributed by atoms with Gasteiger partial charge in [0.1, 0.15) is 12.2 Å². The van der Waals surface area contributed by atoms with E-state index in [9.17, 15) is 14.7 Å². The lowest BCUT2D eigenvalue weighted by Crippen LogP contribution is -2.48. The lowest BCUT2D eigenvalue weighted by Gasteiger charge is -2.46. The van der Waals surface area contributed by atoms with Crippen LogP contribution in [0.15, 0.2) is 23.8 Å². The molecule has 3 rings (SSSR count). The summed E-state index contributed by atoms with van der Waals surface area (Å²) >= 11 is 0. The number of hydrogen-bond acceptors (Lipinski definition) is 6. The SMILES string of the molecule is CC[C@H](C)C(=O)O[C@H]1C[C@@H](O[Si](C)(C)C(C)(C)C)C=C2C=C[C@H](C)[C@H](CC[C@@H]3C[C@@H](O)CC(=O)O3)[C@H]21. The molecule has 1 heterocycles. The van der Waals surface area contributed by atoms with Gasteiger partial charge in [-0.1, -0.05) is 59.8 Å². The number of allylic oxidation sites excluding steroid dienone is 2. The summed E-state index contributed by atoms with van der Waals surface area (Å²) in [4.78, 5) is 24.8. The normalized spacial score (nSPS) is 33.9. The summed E-state index contributed by atoms with van der Waals surface area (Å²) in [6, 6.07) is 0. The molecule has 1 saturated heterocycles. The van der Waals surface area contributed by atoms with Gasteiger partial charge in [-0.05, 0) is 54.8 Å². The highest BCUT2D eigenvalue weighted by molar-refractivity contribution is 6.74. The predicted molar refractivity (Wildman–Crippen MR) is 144 cm³/mol. The maximum atomic E-state index is 13.0. The molecule has 0 bridgehead atoms. The van der Waals surface area contributed by atoms with E-state index in [0.29, 0.717) is 25.2 Å². The van der Waals surface area contributed by atoms with Crippen LogP contribution in [0.25, 0.3) is 0 Å². The van der Waals surface area contributed by atoms with Crippen LogP contribution >= 0.6 is 0 Å². The molecule has 0 unspecified atom stereocenters. The Morgan fingerprint density at radius 1 is 1.25 bits per heavy atom. The molecule has 36 heavy (non-hydrogen) atoms. The van der Waals surface area contributed by atoms with Crippen molar-refractivity contribution in [3.8, 4) is 0 Å². The Bertz CT molecular complexity index is 856. The van der Waals surface area contributed by atoms with Gasteiger partial charge in [-0.15, -0.1) is 0 Å². The molecule has 0 aromatic heterocycles. The molecule has 3 aliphatic rings. The molecule has 7 heteroatoms. The van der Waals surface area contributed by atoms with E-state index in [1.165, 1.54) is 5.57 Å². The summed E-state index contributed by atoms with van der Waals surface area (Å²) in [5, 5.41) is 10.1. The highest BCUT2D eigenvalue weighted by atomic mass is 28.4. The van der Waals surface area contributed by atoms with E-state index >= 15 is 0 Å². The third-order valence-corrected chi connectivity index (χ3v) is 13.5. The van der Waals surface area contributed by atoms with Gasteiger partial charge in [0.15, 0.2) is 8.32 Å². The molecule has 204 valence electrons. The molecule has 0 aromatic rings. The molecule has 6 nitrogen and oxygen atoms in total. The predicted octanol–water partition coefficient (Wildman–Crippen LogP) is 5.95. The Morgan fingerprint density at radius 3 is 2.56 bits per heavy atom. The van der Waals surface area contributed by atoms with Crippen LogP contribution in [0.5, 0.6) is 0 Å². The van der Waals surface area contributed by atoms with Crippen molar-refractivity contribution in [3.05, 3.63) is 23.8 Å². The van der Waals surface area contributed by atoms with Crippen LogP contribution in [-0.4, -0.2) is 49.8 Å². The number of aliphatic hydroxyl groups excluding tert-OH is 1. The third kappa shape index (κ3) is 6.90. The monoisotopic (exact) mass is 520 g/mol. The summed E-state index contributed by atoms with van der Waals surface area (Å²) in [5.74, 6) is 0.0417. The number of hydrogen-bond donors (Lipinski definition) is 1. The molecule has 0 amide bonds. The largest absolute Gasteiger partial charge is 0.462 e. The molecule has 1 fully saturated rings. The van der Waals surface area contributed by atoms with Crippen molar-refractivity contribution in [2.45, 2.75) is 123 Å². The first-order valence-electron chi connectivity index (χ1n) is 13.9. The van der Waals surface area contributed by atoms with Gasteiger partial charge < -0.3 is 19.0 Å². The van der Waals surface area contributed by atoms with Crippen LogP contribution in [0.3, 0.4) is 0 Å². The molecule has 2 aliphatic carbocycles. The van der Waals surface area contributed by atoms with Gasteiger partial charge in [-0.2, -0.15) is 0 Å². The van der Waals surface area contributed by atoms with Crippen molar-refractivity contribution < 1.29 is 28.6 Å². The second-order valence-corrected chi connectivity index (χ2v) is 17.6. The van der Waals surface area contributed by atoms with Crippen LogP contribution < -0.4 is 0 Å². The lowest BCUT2D eigenvalue weighted by atomic mass is 9.66. The number of carbonyl (C=O) groups excluding carboxylic acids is 2. The molecule has 1 N–H and O–H groups in total. The smallest absolute Gasteiger partial charge is 0.308 e. The second kappa shape index (κ2) is 11.5. The van der Waals surface area contributed by atoms with E-state index in [1.54, 1.807) is 0 Å². The fraction of sp³-hybridized carbons (Fsp3) is 0.793. The third-order valence-electron chi connectivity index (χ3n) is 8.95. The first-order chi connectivity index (χ1) is 16.7. The van der Waals surface area contributed by atoms with Crippen molar-refractivity contribution >= 4 is 20.3 Å². The van der Waals surface area contributed by atoms with Gasteiger partial charge in [0.2, 0.25) is 0 Å². The Hall–Kier alpha value is -1.44. The summed E-state index contributed by atoms with van der Waals surface area (Å²) in [6.07, 6.45) is 9.01. The zero-order chi connectivity index (χ0) is 26.8. The van der Waals surface area contributed by atoms with Gasteiger partial charge in [-0.25, -0.2) is 0 Å². The second-order valence-electron chi connectivity index (χ2n) is 12.8. The van der Waals surface area contributed by atoms with Gasteiger partial charge in [0, 0.05) is 18.8 Å². The zero-order valence-electron chi connectivity index (χ0n) is 23.6. The van der Waals surface area contributed by atoms with E-state index in [-0.39, 0.29) is 59.5 Å². The van der Waals surface area contributed by atoms with Gasteiger partial charge >= 0.3 is 11.9 Å². The Balaban J connectivity index is 1.85. The minimum Gasteiger partial charge on any atom is -0.462 e. The Morgan fingerprint density at radius 2 is 1.94 bits per heavy atom. The van der Waals surface area contributed by atoms with Gasteiger partial charge in [0.05, 0.1) is 24.5 Å². The van der Waals surface area contributed by atoms with Gasteiger partial charge in [0.25, 0.3) is 0 Å². The van der Waals surface area contributed by atoms with E-state index in [2.05, 4.69) is 59.0 Å². The fourth-order valence-corrected chi connectivity index (χ4v) is 6.73. The number of esters is 2. The van der Waals surface area contributed by atoms with Crippen molar-refractivity contribution in [2.75, 3.05) is 0 Å². The van der Waals surface area contributed by atoms with E-state index in [1.807, 2.05) is 13.8 Å². The van der Waals surface area contributed by atoms with Crippen molar-refractivity contribution in [2.24, 2.45) is 23.7 Å². The number of ether oxygens (including phenoxy) is 2. The first kappa shape index (κ1) is 29.1. The first-order valence-corrected chi connectivity index (χ1v) is 16.8. The Labute approximate surface area is 219 Å². The quantitative estimate of drug-likeness (QED) is 0.315. The molecular formula is C29H48O6Si. The fourth-order valence-electron chi connectivity index (χ4n) is 5.46. The topological polar surface area (TPSA) is 82.1 Å². The van der Waals surface area contributed by atoms with Crippen molar-refractivity contribution in [3.63, 3.8) is 0 Å². The summed E-state index contributed by atoms with van der Waals surface area (Å²) < 4.78 is 18.6. The Kier molecular flexibility index (Phi) is 9.32. The minimum atomic E-state index is -2.01. The standard InChI is InChI=1S/C29H48O6Si/c1-9-18(2)28(32)34-25-17-23(35-36(7,8)29(4,5)6)14-20-11-10-19(3)24(27(20)25)13-12-22-15-21(30)16-26(31)33-22/h10-11,14,18-19,21-25,27,30H,9,12-13,15-17H2,1-8H3/t18-,19-,21+,22+,23-,24-,25-,27-/m0/s1. The number of carbonyl (C=O) groups is 2. The number of rotatable bonds is 8. The number of cyclic esters (lactones) is 1. The molecule has 1 aliphatic heterocycles. The van der Waals surface area contributed by atoms with Crippen molar-refractivity contribution in [1.29, 1.82) is 0 Å². The van der Waals surface area contributed by atoms with E-state index in [0.717, 1.165) is 12.8 Å². The summed E-state index contributed by atoms with van der Waals surface area (Å²) in [5.41, 5.74) is 1.19. The molecule has 0 radical (unpaired) electrons. The zero-order valence-corrected chi connectivity index (χ0v) is 24.6. The number of fused-ring (bicyclic) bond motifs is 1. The maximum absolute atomic E-state index is 13.0. The molecule has 8 atom stereocenters. The van der Waals surface area contributed by atoms with Crippen LogP contribution in [0.4, 0.5) is 0 Å². The van der Waals surface area contributed by atoms with Crippen LogP contribution in [0.1, 0.15) is 80.1 Å². The van der Waals surface area contributed by atoms with Gasteiger partial charge in [-0.3, -0.25) is 9.59 Å². The van der Waals surface area contributed by atoms with E-state index in [4.69, 9.17) is 13.9 Å². The molecule has 0 saturated carbocycles. The molecular weight excluding hydrogens is 472 g/mol. The van der Waals surface area contributed by atoms with Crippen LogP contribution in [0, 0.1) is 23.7 Å². The van der Waals surface area contributed by atoms with Crippen LogP contribution in [0.2, 0.25) is 18.1 Å². The maximum Gasteiger partial charge on any atom is 0.308 e. The average Bonchev–Trinajstić information content (AvgIpc) is 2.76. The van der Waals surface area contributed by atoms with Crippen LogP contribution in [-0.2, 0) is 23.5 Å². The molecule has 0 spiro atoms. The highest BCUT2D eigenvalue weighted by Gasteiger charge is 2.46. The minimum absolute atomic E-state index is 0.0812.